The van der Waals surface area contributed by atoms with Gasteiger partial charge in [0, 0.05) is 0 Å². The molecule has 17 heavy (non-hydrogen) atoms. The molecule has 88 valence electrons. The lowest BCUT2D eigenvalue weighted by atomic mass is 10.1. The number of nitrogens with two attached hydrogens (primary N) is 1. The fourth-order valence-corrected chi connectivity index (χ4v) is 1.69. The van der Waals surface area contributed by atoms with E-state index in [4.69, 9.17) is 10.5 Å². The molecule has 2 heteroatoms. The summed E-state index contributed by atoms with van der Waals surface area (Å²) in [6, 6.07) is 16.1. The molecule has 0 amide bonds. The third kappa shape index (κ3) is 3.08. The molecule has 0 aromatic heterocycles. The smallest absolute Gasteiger partial charge is 0.130 e. The number of aryl methyl sites for hydroxylation is 1. The number of rotatable bonds is 4. The van der Waals surface area contributed by atoms with Crippen molar-refractivity contribution in [2.75, 3.05) is 6.54 Å². The van der Waals surface area contributed by atoms with E-state index < -0.39 is 0 Å². The molecule has 0 spiro atoms. The van der Waals surface area contributed by atoms with E-state index in [9.17, 15) is 0 Å². The minimum Gasteiger partial charge on any atom is -0.457 e. The summed E-state index contributed by atoms with van der Waals surface area (Å²) < 4.78 is 5.86. The quantitative estimate of drug-likeness (QED) is 0.869. The van der Waals surface area contributed by atoms with Crippen LogP contribution in [0.3, 0.4) is 0 Å². The Morgan fingerprint density at radius 3 is 2.53 bits per heavy atom. The summed E-state index contributed by atoms with van der Waals surface area (Å²) in [7, 11) is 0. The maximum atomic E-state index is 5.86. The highest BCUT2D eigenvalue weighted by molar-refractivity contribution is 5.40. The Morgan fingerprint density at radius 1 is 1.06 bits per heavy atom. The molecule has 2 N–H and O–H groups in total. The fourth-order valence-electron chi connectivity index (χ4n) is 1.69. The second-order valence-corrected chi connectivity index (χ2v) is 4.05. The number of hydrogen-bond acceptors (Lipinski definition) is 2. The molecule has 0 atom stereocenters. The van der Waals surface area contributed by atoms with Crippen molar-refractivity contribution >= 4 is 0 Å². The second-order valence-electron chi connectivity index (χ2n) is 4.05. The van der Waals surface area contributed by atoms with Crippen LogP contribution >= 0.6 is 0 Å². The third-order valence-corrected chi connectivity index (χ3v) is 2.66. The zero-order valence-electron chi connectivity index (χ0n) is 10.0. The van der Waals surface area contributed by atoms with Crippen molar-refractivity contribution in [1.29, 1.82) is 0 Å². The molecule has 0 bridgehead atoms. The summed E-state index contributed by atoms with van der Waals surface area (Å²) in [4.78, 5) is 0. The van der Waals surface area contributed by atoms with Gasteiger partial charge >= 0.3 is 0 Å². The van der Waals surface area contributed by atoms with Gasteiger partial charge in [0.05, 0.1) is 0 Å². The molecule has 0 aliphatic heterocycles. The largest absolute Gasteiger partial charge is 0.457 e. The molecule has 2 aromatic rings. The lowest BCUT2D eigenvalue weighted by molar-refractivity contribution is 0.478. The van der Waals surface area contributed by atoms with Crippen molar-refractivity contribution in [2.45, 2.75) is 13.3 Å². The van der Waals surface area contributed by atoms with E-state index in [2.05, 4.69) is 18.2 Å². The first-order chi connectivity index (χ1) is 8.29. The lowest BCUT2D eigenvalue weighted by Crippen LogP contribution is -2.02. The molecule has 2 rings (SSSR count). The van der Waals surface area contributed by atoms with Crippen molar-refractivity contribution in [2.24, 2.45) is 5.73 Å². The zero-order chi connectivity index (χ0) is 12.1. The zero-order valence-corrected chi connectivity index (χ0v) is 10.0. The monoisotopic (exact) mass is 227 g/mol. The first kappa shape index (κ1) is 11.7. The molecule has 0 unspecified atom stereocenters. The van der Waals surface area contributed by atoms with Gasteiger partial charge in [-0.15, -0.1) is 0 Å². The van der Waals surface area contributed by atoms with Crippen molar-refractivity contribution in [3.63, 3.8) is 0 Å². The summed E-state index contributed by atoms with van der Waals surface area (Å²) in [6.45, 7) is 2.71. The highest BCUT2D eigenvalue weighted by Gasteiger charge is 2.02. The summed E-state index contributed by atoms with van der Waals surface area (Å²) in [5.41, 5.74) is 7.91. The molecule has 0 heterocycles. The molecule has 2 nitrogen and oxygen atoms in total. The fraction of sp³-hybridized carbons (Fsp3) is 0.200. The maximum Gasteiger partial charge on any atom is 0.130 e. The molecular weight excluding hydrogens is 210 g/mol. The average molecular weight is 227 g/mol. The van der Waals surface area contributed by atoms with Gasteiger partial charge in [0.1, 0.15) is 11.5 Å². The van der Waals surface area contributed by atoms with Crippen LogP contribution in [0.1, 0.15) is 11.1 Å². The van der Waals surface area contributed by atoms with Gasteiger partial charge in [-0.1, -0.05) is 30.3 Å². The first-order valence-corrected chi connectivity index (χ1v) is 5.82. The van der Waals surface area contributed by atoms with Gasteiger partial charge in [-0.25, -0.2) is 0 Å². The SMILES string of the molecule is Cc1ccc(CCN)cc1Oc1ccccc1. The van der Waals surface area contributed by atoms with Crippen LogP contribution in [0.4, 0.5) is 0 Å². The predicted molar refractivity (Wildman–Crippen MR) is 70.5 cm³/mol. The van der Waals surface area contributed by atoms with Crippen molar-refractivity contribution in [3.8, 4) is 11.5 Å². The summed E-state index contributed by atoms with van der Waals surface area (Å²) in [5.74, 6) is 1.77. The molecule has 0 radical (unpaired) electrons. The predicted octanol–water partition coefficient (Wildman–Crippen LogP) is 3.29. The number of para-hydroxylation sites is 1. The van der Waals surface area contributed by atoms with Gasteiger partial charge < -0.3 is 10.5 Å². The van der Waals surface area contributed by atoms with Crippen LogP contribution in [0, 0.1) is 6.92 Å². The van der Waals surface area contributed by atoms with Gasteiger partial charge in [-0.05, 0) is 49.2 Å². The first-order valence-electron chi connectivity index (χ1n) is 5.82. The summed E-state index contributed by atoms with van der Waals surface area (Å²) in [6.07, 6.45) is 0.880. The average Bonchev–Trinajstić information content (AvgIpc) is 2.35. The number of ether oxygens (including phenoxy) is 1. The topological polar surface area (TPSA) is 35.2 Å². The van der Waals surface area contributed by atoms with Crippen LogP contribution in [0.5, 0.6) is 11.5 Å². The van der Waals surface area contributed by atoms with Crippen LogP contribution in [0.25, 0.3) is 0 Å². The highest BCUT2D eigenvalue weighted by atomic mass is 16.5. The minimum atomic E-state index is 0.661. The van der Waals surface area contributed by atoms with E-state index in [1.54, 1.807) is 0 Å². The normalized spacial score (nSPS) is 10.2. The minimum absolute atomic E-state index is 0.661. The van der Waals surface area contributed by atoms with Crippen molar-refractivity contribution in [3.05, 3.63) is 59.7 Å². The number of hydrogen-bond donors (Lipinski definition) is 1. The Kier molecular flexibility index (Phi) is 3.78. The van der Waals surface area contributed by atoms with E-state index in [0.29, 0.717) is 6.54 Å². The molecule has 2 aromatic carbocycles. The Hall–Kier alpha value is -1.80. The molecule has 0 aliphatic carbocycles. The maximum absolute atomic E-state index is 5.86. The summed E-state index contributed by atoms with van der Waals surface area (Å²) >= 11 is 0. The van der Waals surface area contributed by atoms with Gasteiger partial charge in [-0.3, -0.25) is 0 Å². The van der Waals surface area contributed by atoms with Gasteiger partial charge in [0.2, 0.25) is 0 Å². The summed E-state index contributed by atoms with van der Waals surface area (Å²) in [5, 5.41) is 0. The van der Waals surface area contributed by atoms with Gasteiger partial charge in [-0.2, -0.15) is 0 Å². The van der Waals surface area contributed by atoms with Crippen molar-refractivity contribution in [1.82, 2.24) is 0 Å². The Labute approximate surface area is 102 Å². The van der Waals surface area contributed by atoms with Crippen molar-refractivity contribution < 1.29 is 4.74 Å². The second kappa shape index (κ2) is 5.51. The Bertz CT molecular complexity index is 480. The standard InChI is InChI=1S/C15H17NO/c1-12-7-8-13(9-10-16)11-15(12)17-14-5-3-2-4-6-14/h2-8,11H,9-10,16H2,1H3. The molecule has 0 fully saturated rings. The van der Waals surface area contributed by atoms with E-state index >= 15 is 0 Å². The number of benzene rings is 2. The Balaban J connectivity index is 2.22. The van der Waals surface area contributed by atoms with Crippen LogP contribution in [0.2, 0.25) is 0 Å². The van der Waals surface area contributed by atoms with Crippen LogP contribution in [0.15, 0.2) is 48.5 Å². The van der Waals surface area contributed by atoms with Crippen LogP contribution < -0.4 is 10.5 Å². The Morgan fingerprint density at radius 2 is 1.82 bits per heavy atom. The van der Waals surface area contributed by atoms with E-state index in [1.807, 2.05) is 37.3 Å². The van der Waals surface area contributed by atoms with Crippen LogP contribution in [-0.4, -0.2) is 6.54 Å². The lowest BCUT2D eigenvalue weighted by Gasteiger charge is -2.10. The molecular formula is C15H17NO. The van der Waals surface area contributed by atoms with E-state index in [1.165, 1.54) is 5.56 Å². The van der Waals surface area contributed by atoms with Gasteiger partial charge in [0.15, 0.2) is 0 Å². The molecule has 0 saturated carbocycles. The molecule has 0 saturated heterocycles. The molecule has 0 aliphatic rings. The highest BCUT2D eigenvalue weighted by Crippen LogP contribution is 2.25. The van der Waals surface area contributed by atoms with E-state index in [-0.39, 0.29) is 0 Å². The third-order valence-electron chi connectivity index (χ3n) is 2.66. The van der Waals surface area contributed by atoms with Crippen LogP contribution in [-0.2, 0) is 6.42 Å². The van der Waals surface area contributed by atoms with E-state index in [0.717, 1.165) is 23.5 Å². The van der Waals surface area contributed by atoms with Gasteiger partial charge in [0.25, 0.3) is 0 Å².